The van der Waals surface area contributed by atoms with Gasteiger partial charge >= 0.3 is 12.1 Å². The molecule has 1 aliphatic rings. The molecule has 1 fully saturated rings. The minimum atomic E-state index is -0.735. The third-order valence-corrected chi connectivity index (χ3v) is 6.00. The monoisotopic (exact) mass is 497 g/mol. The Hall–Kier alpha value is -3.13. The molecule has 8 heteroatoms. The molecule has 0 aliphatic heterocycles. The van der Waals surface area contributed by atoms with Crippen LogP contribution in [0.5, 0.6) is 17.5 Å². The summed E-state index contributed by atoms with van der Waals surface area (Å²) in [5, 5.41) is 0. The van der Waals surface area contributed by atoms with Crippen LogP contribution in [0.15, 0.2) is 65.4 Å². The standard InChI is InChI=1S/C24H24BrN3O4/c1-24(2,16-5-9-19(10-6-16)32-23-27-13-17(25)14-28-23)15-3-7-18(8-4-15)30-20-11-21(12-20)31-22(26)29/h3-10,13-14,20-21H,11-12H2,1-2H3,(H2,26,29). The van der Waals surface area contributed by atoms with Gasteiger partial charge < -0.3 is 19.9 Å². The third-order valence-electron chi connectivity index (χ3n) is 5.59. The molecule has 1 aromatic heterocycles. The van der Waals surface area contributed by atoms with Gasteiger partial charge in [0.2, 0.25) is 0 Å². The number of rotatable bonds is 7. The van der Waals surface area contributed by atoms with Crippen LogP contribution in [-0.2, 0) is 10.2 Å². The number of nitrogens with two attached hydrogens (primary N) is 1. The van der Waals surface area contributed by atoms with E-state index in [-0.39, 0.29) is 17.6 Å². The van der Waals surface area contributed by atoms with Crippen molar-refractivity contribution in [3.8, 4) is 17.5 Å². The predicted octanol–water partition coefficient (Wildman–Crippen LogP) is 5.36. The van der Waals surface area contributed by atoms with Gasteiger partial charge in [-0.2, -0.15) is 0 Å². The van der Waals surface area contributed by atoms with Crippen LogP contribution in [0.4, 0.5) is 4.79 Å². The van der Waals surface area contributed by atoms with E-state index in [0.717, 1.165) is 15.8 Å². The number of carbonyl (C=O) groups is 1. The van der Waals surface area contributed by atoms with Crippen LogP contribution in [0.1, 0.15) is 37.8 Å². The minimum absolute atomic E-state index is 0.0421. The fourth-order valence-electron chi connectivity index (χ4n) is 3.58. The topological polar surface area (TPSA) is 96.6 Å². The van der Waals surface area contributed by atoms with Crippen LogP contribution >= 0.6 is 15.9 Å². The first kappa shape index (κ1) is 22.1. The van der Waals surface area contributed by atoms with E-state index < -0.39 is 6.09 Å². The van der Waals surface area contributed by atoms with Crippen LogP contribution in [0, 0.1) is 0 Å². The highest BCUT2D eigenvalue weighted by molar-refractivity contribution is 9.10. The first-order valence-electron chi connectivity index (χ1n) is 10.3. The predicted molar refractivity (Wildman–Crippen MR) is 123 cm³/mol. The minimum Gasteiger partial charge on any atom is -0.490 e. The molecule has 1 amide bonds. The van der Waals surface area contributed by atoms with Gasteiger partial charge in [0.25, 0.3) is 0 Å². The average Bonchev–Trinajstić information content (AvgIpc) is 2.74. The summed E-state index contributed by atoms with van der Waals surface area (Å²) in [5.74, 6) is 1.47. The molecule has 4 rings (SSSR count). The molecule has 7 nitrogen and oxygen atoms in total. The van der Waals surface area contributed by atoms with Gasteiger partial charge in [-0.15, -0.1) is 0 Å². The van der Waals surface area contributed by atoms with Gasteiger partial charge in [-0.25, -0.2) is 14.8 Å². The lowest BCUT2D eigenvalue weighted by Crippen LogP contribution is -2.41. The summed E-state index contributed by atoms with van der Waals surface area (Å²) in [6.45, 7) is 4.35. The van der Waals surface area contributed by atoms with E-state index in [0.29, 0.717) is 24.6 Å². The maximum Gasteiger partial charge on any atom is 0.404 e. The number of hydrogen-bond acceptors (Lipinski definition) is 6. The highest BCUT2D eigenvalue weighted by atomic mass is 79.9. The Kier molecular flexibility index (Phi) is 6.32. The van der Waals surface area contributed by atoms with Crippen molar-refractivity contribution < 1.29 is 19.0 Å². The van der Waals surface area contributed by atoms with Gasteiger partial charge in [0.05, 0.1) is 4.47 Å². The molecule has 0 atom stereocenters. The quantitative estimate of drug-likeness (QED) is 0.471. The van der Waals surface area contributed by atoms with E-state index in [1.807, 2.05) is 36.4 Å². The SMILES string of the molecule is CC(C)(c1ccc(Oc2ncc(Br)cn2)cc1)c1ccc(OC2CC(OC(N)=O)C2)cc1. The van der Waals surface area contributed by atoms with Crippen molar-refractivity contribution in [3.63, 3.8) is 0 Å². The van der Waals surface area contributed by atoms with Crippen molar-refractivity contribution in [3.05, 3.63) is 76.5 Å². The molecule has 0 bridgehead atoms. The first-order chi connectivity index (χ1) is 15.3. The number of amides is 1. The lowest BCUT2D eigenvalue weighted by Gasteiger charge is -2.34. The number of halogens is 1. The fraction of sp³-hybridized carbons (Fsp3) is 0.292. The molecule has 1 aliphatic carbocycles. The van der Waals surface area contributed by atoms with Gasteiger partial charge in [0.1, 0.15) is 23.7 Å². The average molecular weight is 498 g/mol. The molecule has 2 aromatic carbocycles. The number of carbonyl (C=O) groups excluding carboxylic acids is 1. The Morgan fingerprint density at radius 3 is 2.00 bits per heavy atom. The highest BCUT2D eigenvalue weighted by Gasteiger charge is 2.33. The third kappa shape index (κ3) is 5.19. The maximum atomic E-state index is 10.8. The number of nitrogens with zero attached hydrogens (tertiary/aromatic N) is 2. The van der Waals surface area contributed by atoms with Crippen molar-refractivity contribution in [2.24, 2.45) is 5.73 Å². The fourth-order valence-corrected chi connectivity index (χ4v) is 3.79. The van der Waals surface area contributed by atoms with Crippen molar-refractivity contribution in [2.75, 3.05) is 0 Å². The summed E-state index contributed by atoms with van der Waals surface area (Å²) in [6, 6.07) is 16.3. The molecule has 32 heavy (non-hydrogen) atoms. The molecule has 166 valence electrons. The zero-order chi connectivity index (χ0) is 22.7. The summed E-state index contributed by atoms with van der Waals surface area (Å²) in [4.78, 5) is 19.0. The van der Waals surface area contributed by atoms with Crippen LogP contribution in [-0.4, -0.2) is 28.3 Å². The first-order valence-corrected chi connectivity index (χ1v) is 11.1. The summed E-state index contributed by atoms with van der Waals surface area (Å²) >= 11 is 3.31. The van der Waals surface area contributed by atoms with Crippen molar-refractivity contribution >= 4 is 22.0 Å². The molecule has 2 N–H and O–H groups in total. The lowest BCUT2D eigenvalue weighted by molar-refractivity contribution is -0.0197. The number of primary amides is 1. The lowest BCUT2D eigenvalue weighted by atomic mass is 9.78. The van der Waals surface area contributed by atoms with Gasteiger partial charge in [-0.1, -0.05) is 38.1 Å². The van der Waals surface area contributed by atoms with Crippen LogP contribution in [0.3, 0.4) is 0 Å². The van der Waals surface area contributed by atoms with E-state index >= 15 is 0 Å². The second-order valence-electron chi connectivity index (χ2n) is 8.23. The van der Waals surface area contributed by atoms with Crippen LogP contribution in [0.25, 0.3) is 0 Å². The molecule has 0 unspecified atom stereocenters. The molecule has 1 saturated carbocycles. The second kappa shape index (κ2) is 9.16. The molecule has 0 spiro atoms. The molecule has 3 aromatic rings. The van der Waals surface area contributed by atoms with Gasteiger partial charge in [-0.05, 0) is 51.3 Å². The number of hydrogen-bond donors (Lipinski definition) is 1. The Bertz CT molecular complexity index is 1060. The van der Waals surface area contributed by atoms with Gasteiger partial charge in [0.15, 0.2) is 0 Å². The van der Waals surface area contributed by atoms with Crippen molar-refractivity contribution in [1.29, 1.82) is 0 Å². The van der Waals surface area contributed by atoms with Crippen LogP contribution in [0.2, 0.25) is 0 Å². The Balaban J connectivity index is 1.37. The normalized spacial score (nSPS) is 17.8. The molecule has 0 saturated heterocycles. The Morgan fingerprint density at radius 1 is 0.938 bits per heavy atom. The van der Waals surface area contributed by atoms with Gasteiger partial charge in [0, 0.05) is 30.7 Å². The van der Waals surface area contributed by atoms with E-state index in [1.165, 1.54) is 5.56 Å². The van der Waals surface area contributed by atoms with Gasteiger partial charge in [-0.3, -0.25) is 0 Å². The zero-order valence-corrected chi connectivity index (χ0v) is 19.4. The van der Waals surface area contributed by atoms with E-state index in [1.54, 1.807) is 12.4 Å². The van der Waals surface area contributed by atoms with Crippen molar-refractivity contribution in [1.82, 2.24) is 9.97 Å². The molecule has 0 radical (unpaired) electrons. The van der Waals surface area contributed by atoms with E-state index in [2.05, 4.69) is 51.9 Å². The second-order valence-corrected chi connectivity index (χ2v) is 9.15. The van der Waals surface area contributed by atoms with E-state index in [9.17, 15) is 4.79 Å². The molecular weight excluding hydrogens is 474 g/mol. The zero-order valence-electron chi connectivity index (χ0n) is 17.8. The number of ether oxygens (including phenoxy) is 3. The number of benzene rings is 2. The molecule has 1 heterocycles. The Labute approximate surface area is 195 Å². The number of aromatic nitrogens is 2. The molecular formula is C24H24BrN3O4. The summed E-state index contributed by atoms with van der Waals surface area (Å²) in [6.07, 6.45) is 3.78. The summed E-state index contributed by atoms with van der Waals surface area (Å²) in [5.41, 5.74) is 7.15. The highest BCUT2D eigenvalue weighted by Crippen LogP contribution is 2.35. The van der Waals surface area contributed by atoms with Crippen molar-refractivity contribution in [2.45, 2.75) is 44.3 Å². The maximum absolute atomic E-state index is 10.8. The van der Waals surface area contributed by atoms with Crippen LogP contribution < -0.4 is 15.2 Å². The van der Waals surface area contributed by atoms with E-state index in [4.69, 9.17) is 19.9 Å². The Morgan fingerprint density at radius 2 is 1.47 bits per heavy atom. The summed E-state index contributed by atoms with van der Waals surface area (Å²) in [7, 11) is 0. The smallest absolute Gasteiger partial charge is 0.404 e. The largest absolute Gasteiger partial charge is 0.490 e. The summed E-state index contributed by atoms with van der Waals surface area (Å²) < 4.78 is 17.4.